The summed E-state index contributed by atoms with van der Waals surface area (Å²) in [6.07, 6.45) is 5.94. The van der Waals surface area contributed by atoms with E-state index in [-0.39, 0.29) is 5.91 Å². The molecule has 0 bridgehead atoms. The van der Waals surface area contributed by atoms with Crippen LogP contribution in [0.5, 0.6) is 0 Å². The van der Waals surface area contributed by atoms with E-state index in [1.165, 1.54) is 31.9 Å². The minimum absolute atomic E-state index is 0.0236. The number of benzene rings is 1. The number of thioether (sulfide) groups is 1. The fourth-order valence-corrected chi connectivity index (χ4v) is 2.38. The number of anilines is 1. The van der Waals surface area contributed by atoms with Crippen LogP contribution in [0.2, 0.25) is 0 Å². The minimum atomic E-state index is -0.0236. The van der Waals surface area contributed by atoms with Gasteiger partial charge in [0.05, 0.1) is 0 Å². The lowest BCUT2D eigenvalue weighted by molar-refractivity contribution is -0.114. The van der Waals surface area contributed by atoms with Gasteiger partial charge < -0.3 is 10.6 Å². The molecule has 0 aliphatic heterocycles. The Kier molecular flexibility index (Phi) is 8.34. The van der Waals surface area contributed by atoms with Gasteiger partial charge in [0.25, 0.3) is 0 Å². The first-order chi connectivity index (χ1) is 9.24. The fraction of sp³-hybridized carbons (Fsp3) is 0.533. The van der Waals surface area contributed by atoms with Gasteiger partial charge in [-0.25, -0.2) is 0 Å². The summed E-state index contributed by atoms with van der Waals surface area (Å²) in [6.45, 7) is 3.37. The van der Waals surface area contributed by atoms with Crippen molar-refractivity contribution in [2.75, 3.05) is 23.9 Å². The maximum atomic E-state index is 11.1. The second kappa shape index (κ2) is 9.87. The van der Waals surface area contributed by atoms with Crippen molar-refractivity contribution in [2.24, 2.45) is 0 Å². The number of para-hydroxylation sites is 1. The Morgan fingerprint density at radius 1 is 1.21 bits per heavy atom. The molecule has 4 heteroatoms. The molecular weight excluding hydrogens is 256 g/mol. The molecule has 19 heavy (non-hydrogen) atoms. The van der Waals surface area contributed by atoms with Crippen LogP contribution in [0.15, 0.2) is 24.3 Å². The van der Waals surface area contributed by atoms with Crippen molar-refractivity contribution in [3.05, 3.63) is 29.8 Å². The van der Waals surface area contributed by atoms with Crippen molar-refractivity contribution in [3.63, 3.8) is 0 Å². The van der Waals surface area contributed by atoms with Gasteiger partial charge in [0.1, 0.15) is 0 Å². The van der Waals surface area contributed by atoms with Crippen LogP contribution in [0.4, 0.5) is 5.69 Å². The lowest BCUT2D eigenvalue weighted by Crippen LogP contribution is -2.17. The summed E-state index contributed by atoms with van der Waals surface area (Å²) in [7, 11) is 0. The molecule has 0 atom stereocenters. The standard InChI is InChI=1S/C15H24N2OS/c1-13(18)17-15-9-5-4-8-14(15)12-16-10-6-3-7-11-19-2/h4-5,8-9,16H,3,6-7,10-12H2,1-2H3,(H,17,18). The van der Waals surface area contributed by atoms with E-state index in [2.05, 4.69) is 16.9 Å². The van der Waals surface area contributed by atoms with Crippen LogP contribution in [0.25, 0.3) is 0 Å². The minimum Gasteiger partial charge on any atom is -0.326 e. The Hall–Kier alpha value is -1.00. The highest BCUT2D eigenvalue weighted by molar-refractivity contribution is 7.98. The fourth-order valence-electron chi connectivity index (χ4n) is 1.88. The molecule has 0 heterocycles. The van der Waals surface area contributed by atoms with E-state index in [0.717, 1.165) is 24.3 Å². The van der Waals surface area contributed by atoms with Crippen molar-refractivity contribution in [2.45, 2.75) is 32.7 Å². The third-order valence-corrected chi connectivity index (χ3v) is 3.54. The maximum absolute atomic E-state index is 11.1. The number of carbonyl (C=O) groups is 1. The monoisotopic (exact) mass is 280 g/mol. The molecule has 3 nitrogen and oxygen atoms in total. The molecule has 0 aliphatic carbocycles. The van der Waals surface area contributed by atoms with E-state index < -0.39 is 0 Å². The van der Waals surface area contributed by atoms with Gasteiger partial charge in [0.2, 0.25) is 5.91 Å². The highest BCUT2D eigenvalue weighted by atomic mass is 32.2. The van der Waals surface area contributed by atoms with E-state index in [4.69, 9.17) is 0 Å². The third kappa shape index (κ3) is 7.23. The van der Waals surface area contributed by atoms with Gasteiger partial charge in [-0.2, -0.15) is 11.8 Å². The Morgan fingerprint density at radius 2 is 2.00 bits per heavy atom. The Bertz CT molecular complexity index is 382. The van der Waals surface area contributed by atoms with Gasteiger partial charge >= 0.3 is 0 Å². The second-order valence-corrected chi connectivity index (χ2v) is 5.55. The van der Waals surface area contributed by atoms with Gasteiger partial charge in [-0.3, -0.25) is 4.79 Å². The van der Waals surface area contributed by atoms with Crippen LogP contribution in [-0.4, -0.2) is 24.5 Å². The first kappa shape index (κ1) is 16.1. The molecule has 1 rings (SSSR count). The summed E-state index contributed by atoms with van der Waals surface area (Å²) in [4.78, 5) is 11.1. The number of hydrogen-bond donors (Lipinski definition) is 2. The lowest BCUT2D eigenvalue weighted by Gasteiger charge is -2.10. The molecular formula is C15H24N2OS. The molecule has 0 saturated heterocycles. The molecule has 0 aromatic heterocycles. The van der Waals surface area contributed by atoms with E-state index in [1.54, 1.807) is 0 Å². The molecule has 1 amide bonds. The van der Waals surface area contributed by atoms with Gasteiger partial charge in [-0.05, 0) is 43.0 Å². The number of amides is 1. The molecule has 0 saturated carbocycles. The summed E-state index contributed by atoms with van der Waals surface area (Å²) < 4.78 is 0. The summed E-state index contributed by atoms with van der Waals surface area (Å²) in [5.41, 5.74) is 2.05. The van der Waals surface area contributed by atoms with Gasteiger partial charge in [-0.15, -0.1) is 0 Å². The van der Waals surface area contributed by atoms with Crippen molar-refractivity contribution < 1.29 is 4.79 Å². The van der Waals surface area contributed by atoms with Crippen LogP contribution in [-0.2, 0) is 11.3 Å². The van der Waals surface area contributed by atoms with Crippen LogP contribution in [0.1, 0.15) is 31.7 Å². The predicted molar refractivity (Wildman–Crippen MR) is 84.7 cm³/mol. The van der Waals surface area contributed by atoms with Crippen molar-refractivity contribution in [3.8, 4) is 0 Å². The maximum Gasteiger partial charge on any atom is 0.221 e. The highest BCUT2D eigenvalue weighted by Crippen LogP contribution is 2.14. The number of carbonyl (C=O) groups excluding carboxylic acids is 1. The second-order valence-electron chi connectivity index (χ2n) is 4.57. The topological polar surface area (TPSA) is 41.1 Å². The normalized spacial score (nSPS) is 10.4. The number of nitrogens with one attached hydrogen (secondary N) is 2. The quantitative estimate of drug-likeness (QED) is 0.682. The molecule has 0 fully saturated rings. The molecule has 1 aromatic carbocycles. The molecule has 2 N–H and O–H groups in total. The van der Waals surface area contributed by atoms with E-state index >= 15 is 0 Å². The van der Waals surface area contributed by atoms with Crippen molar-refractivity contribution in [1.82, 2.24) is 5.32 Å². The zero-order chi connectivity index (χ0) is 13.9. The van der Waals surface area contributed by atoms with Crippen LogP contribution in [0.3, 0.4) is 0 Å². The van der Waals surface area contributed by atoms with Gasteiger partial charge in [-0.1, -0.05) is 24.6 Å². The van der Waals surface area contributed by atoms with E-state index in [1.807, 2.05) is 36.0 Å². The molecule has 0 spiro atoms. The summed E-state index contributed by atoms with van der Waals surface area (Å²) in [5.74, 6) is 1.23. The average Bonchev–Trinajstić information content (AvgIpc) is 2.39. The smallest absolute Gasteiger partial charge is 0.221 e. The highest BCUT2D eigenvalue weighted by Gasteiger charge is 2.02. The summed E-state index contributed by atoms with van der Waals surface area (Å²) >= 11 is 1.91. The molecule has 0 unspecified atom stereocenters. The van der Waals surface area contributed by atoms with Gasteiger partial charge in [0, 0.05) is 19.2 Å². The summed E-state index contributed by atoms with van der Waals surface area (Å²) in [6, 6.07) is 7.93. The first-order valence-corrected chi connectivity index (χ1v) is 8.18. The molecule has 106 valence electrons. The van der Waals surface area contributed by atoms with Crippen LogP contribution in [0, 0.1) is 0 Å². The Balaban J connectivity index is 2.26. The SMILES string of the molecule is CSCCCCCNCc1ccccc1NC(C)=O. The van der Waals surface area contributed by atoms with Gasteiger partial charge in [0.15, 0.2) is 0 Å². The zero-order valence-electron chi connectivity index (χ0n) is 11.9. The first-order valence-electron chi connectivity index (χ1n) is 6.79. The van der Waals surface area contributed by atoms with E-state index in [0.29, 0.717) is 0 Å². The predicted octanol–water partition coefficient (Wildman–Crippen LogP) is 3.27. The zero-order valence-corrected chi connectivity index (χ0v) is 12.7. The number of unbranched alkanes of at least 4 members (excludes halogenated alkanes) is 2. The Morgan fingerprint density at radius 3 is 2.74 bits per heavy atom. The van der Waals surface area contributed by atoms with E-state index in [9.17, 15) is 4.79 Å². The molecule has 1 aromatic rings. The van der Waals surface area contributed by atoms with Crippen molar-refractivity contribution >= 4 is 23.4 Å². The molecule has 0 aliphatic rings. The summed E-state index contributed by atoms with van der Waals surface area (Å²) in [5, 5.41) is 6.29. The third-order valence-electron chi connectivity index (χ3n) is 2.85. The lowest BCUT2D eigenvalue weighted by atomic mass is 10.1. The van der Waals surface area contributed by atoms with Crippen molar-refractivity contribution in [1.29, 1.82) is 0 Å². The Labute approximate surface area is 120 Å². The van der Waals surface area contributed by atoms with Crippen LogP contribution >= 0.6 is 11.8 Å². The largest absolute Gasteiger partial charge is 0.326 e. The number of hydrogen-bond acceptors (Lipinski definition) is 3. The van der Waals surface area contributed by atoms with Crippen LogP contribution < -0.4 is 10.6 Å². The molecule has 0 radical (unpaired) electrons. The average molecular weight is 280 g/mol. The number of rotatable bonds is 9.